The third-order valence-electron chi connectivity index (χ3n) is 1.73. The van der Waals surface area contributed by atoms with Crippen molar-refractivity contribution in [2.24, 2.45) is 0 Å². The second kappa shape index (κ2) is 4.69. The van der Waals surface area contributed by atoms with Crippen molar-refractivity contribution in [3.63, 3.8) is 0 Å². The molecule has 0 aliphatic carbocycles. The second-order valence-electron chi connectivity index (χ2n) is 2.09. The quantitative estimate of drug-likeness (QED) is 0.487. The van der Waals surface area contributed by atoms with Gasteiger partial charge in [-0.05, 0) is 0 Å². The molecule has 42 valence electrons. The lowest BCUT2D eigenvalue weighted by molar-refractivity contribution is 1.24. The SMILES string of the molecule is C[CH2][21Al]([CH2]C)[CH2]C. The fraction of sp³-hybridized carbons (Fsp3) is 1.00. The van der Waals surface area contributed by atoms with Gasteiger partial charge in [0.15, 0.2) is 0 Å². The van der Waals surface area contributed by atoms with E-state index in [1.807, 2.05) is 0 Å². The Morgan fingerprint density at radius 3 is 1.14 bits per heavy atom. The lowest BCUT2D eigenvalue weighted by atomic mass is 10.9. The molecule has 0 heterocycles. The van der Waals surface area contributed by atoms with E-state index in [2.05, 4.69) is 20.8 Å². The maximum atomic E-state index is 2.32. The number of hydrogen-bond acceptors (Lipinski definition) is 0. The van der Waals surface area contributed by atoms with Gasteiger partial charge < -0.3 is 0 Å². The first-order valence-electron chi connectivity index (χ1n) is 3.35. The zero-order chi connectivity index (χ0) is 5.70. The Bertz CT molecular complexity index is 25.7. The van der Waals surface area contributed by atoms with Crippen LogP contribution in [0, 0.1) is 0 Å². The van der Waals surface area contributed by atoms with Crippen LogP contribution < -0.4 is 0 Å². The minimum atomic E-state index is -0.171. The Morgan fingerprint density at radius 1 is 0.857 bits per heavy atom. The highest BCUT2D eigenvalue weighted by Crippen LogP contribution is 2.01. The molecule has 0 aliphatic heterocycles. The summed E-state index contributed by atoms with van der Waals surface area (Å²) in [5.74, 6) is 0. The van der Waals surface area contributed by atoms with Crippen molar-refractivity contribution in [2.45, 2.75) is 36.6 Å². The van der Waals surface area contributed by atoms with E-state index in [1.165, 1.54) is 15.8 Å². The average molecular weight is 108 g/mol. The monoisotopic (exact) mass is 108 g/mol. The second-order valence-corrected chi connectivity index (χ2v) is 6.27. The van der Waals surface area contributed by atoms with Gasteiger partial charge >= 0.3 is 0 Å². The van der Waals surface area contributed by atoms with Gasteiger partial charge in [0, 0.05) is 0 Å². The summed E-state index contributed by atoms with van der Waals surface area (Å²) in [6.45, 7) is 6.97. The molecule has 0 bridgehead atoms. The van der Waals surface area contributed by atoms with Crippen molar-refractivity contribution >= 4 is 14.1 Å². The molecule has 0 N–H and O–H groups in total. The van der Waals surface area contributed by atoms with Gasteiger partial charge in [0.05, 0.1) is 0 Å². The van der Waals surface area contributed by atoms with E-state index in [-0.39, 0.29) is 14.1 Å². The van der Waals surface area contributed by atoms with Crippen LogP contribution in [0.4, 0.5) is 0 Å². The maximum Gasteiger partial charge on any atom is 0.261 e. The van der Waals surface area contributed by atoms with Crippen molar-refractivity contribution in [1.82, 2.24) is 0 Å². The summed E-state index contributed by atoms with van der Waals surface area (Å²) < 4.78 is 0. The standard InChI is InChI=1S/3C2H5.Al/c3*1-2;/h3*1H2,2H3;/i;;;1-6. The summed E-state index contributed by atoms with van der Waals surface area (Å²) in [4.78, 5) is 0. The first-order chi connectivity index (χ1) is 3.35. The van der Waals surface area contributed by atoms with Crippen molar-refractivity contribution in [1.29, 1.82) is 0 Å². The molecule has 0 aromatic carbocycles. The minimum absolute atomic E-state index is 0.171. The van der Waals surface area contributed by atoms with Gasteiger partial charge in [0.1, 0.15) is 0 Å². The Kier molecular flexibility index (Phi) is 5.04. The third-order valence-corrected chi connectivity index (χ3v) is 5.20. The van der Waals surface area contributed by atoms with Crippen molar-refractivity contribution in [2.75, 3.05) is 0 Å². The lowest BCUT2D eigenvalue weighted by Crippen LogP contribution is -2.04. The van der Waals surface area contributed by atoms with Crippen molar-refractivity contribution in [3.05, 3.63) is 0 Å². The minimum Gasteiger partial charge on any atom is -0.0967 e. The van der Waals surface area contributed by atoms with Crippen LogP contribution in [0.3, 0.4) is 0 Å². The van der Waals surface area contributed by atoms with Gasteiger partial charge in [-0.3, -0.25) is 0 Å². The normalized spacial score (nSPS) is 9.00. The lowest BCUT2D eigenvalue weighted by Gasteiger charge is -1.97. The number of hydrogen-bond donors (Lipinski definition) is 0. The highest BCUT2D eigenvalue weighted by Gasteiger charge is 2.05. The molecule has 0 saturated heterocycles. The predicted molar refractivity (Wildman–Crippen MR) is 37.2 cm³/mol. The van der Waals surface area contributed by atoms with Crippen LogP contribution >= 0.6 is 0 Å². The summed E-state index contributed by atoms with van der Waals surface area (Å²) in [7, 11) is 0. The van der Waals surface area contributed by atoms with Gasteiger partial charge in [-0.15, -0.1) is 0 Å². The van der Waals surface area contributed by atoms with Gasteiger partial charge in [-0.2, -0.15) is 0 Å². The summed E-state index contributed by atoms with van der Waals surface area (Å²) in [6, 6.07) is 0. The zero-order valence-corrected chi connectivity index (χ0v) is 6.85. The highest BCUT2D eigenvalue weighted by atomic mass is 21.4. The summed E-state index contributed by atoms with van der Waals surface area (Å²) in [6.07, 6.45) is 0. The molecule has 0 atom stereocenters. The predicted octanol–water partition coefficient (Wildman–Crippen LogP) is 2.54. The van der Waals surface area contributed by atoms with E-state index in [1.54, 1.807) is 0 Å². The molecule has 0 aromatic heterocycles. The molecular weight excluding hydrogens is 93.1 g/mol. The third kappa shape index (κ3) is 3.14. The van der Waals surface area contributed by atoms with E-state index < -0.39 is 0 Å². The van der Waals surface area contributed by atoms with Crippen molar-refractivity contribution < 1.29 is 0 Å². The summed E-state index contributed by atoms with van der Waals surface area (Å²) in [5, 5.41) is 4.48. The van der Waals surface area contributed by atoms with Gasteiger partial charge in [-0.1, -0.05) is 36.6 Å². The maximum absolute atomic E-state index is 2.32. The molecule has 0 aromatic rings. The first-order valence-corrected chi connectivity index (χ1v) is 5.80. The fourth-order valence-electron chi connectivity index (χ4n) is 0.866. The van der Waals surface area contributed by atoms with Crippen LogP contribution in [0.25, 0.3) is 0 Å². The summed E-state index contributed by atoms with van der Waals surface area (Å²) >= 11 is -0.171. The molecule has 7 heavy (non-hydrogen) atoms. The molecule has 0 aliphatic rings. The summed E-state index contributed by atoms with van der Waals surface area (Å²) in [5.41, 5.74) is 0. The van der Waals surface area contributed by atoms with Crippen LogP contribution in [0.5, 0.6) is 0 Å². The molecule has 0 spiro atoms. The molecule has 0 unspecified atom stereocenters. The number of rotatable bonds is 3. The fourth-order valence-corrected chi connectivity index (χ4v) is 2.60. The van der Waals surface area contributed by atoms with Gasteiger partial charge in [-0.25, -0.2) is 0 Å². The van der Waals surface area contributed by atoms with E-state index >= 15 is 0 Å². The topological polar surface area (TPSA) is 0 Å². The van der Waals surface area contributed by atoms with Crippen molar-refractivity contribution in [3.8, 4) is 0 Å². The van der Waals surface area contributed by atoms with E-state index in [4.69, 9.17) is 0 Å². The highest BCUT2D eigenvalue weighted by molar-refractivity contribution is 6.58. The van der Waals surface area contributed by atoms with E-state index in [0.29, 0.717) is 0 Å². The van der Waals surface area contributed by atoms with Crippen LogP contribution in [0.2, 0.25) is 15.8 Å². The Labute approximate surface area is 51.3 Å². The van der Waals surface area contributed by atoms with Gasteiger partial charge in [0.2, 0.25) is 0 Å². The Balaban J connectivity index is 2.99. The molecule has 1 heteroatoms. The molecule has 0 radical (unpaired) electrons. The van der Waals surface area contributed by atoms with Crippen LogP contribution in [-0.4, -0.2) is 14.1 Å². The molecule has 0 fully saturated rings. The zero-order valence-electron chi connectivity index (χ0n) is 5.70. The molecule has 0 rings (SSSR count). The van der Waals surface area contributed by atoms with E-state index in [0.717, 1.165) is 0 Å². The Hall–Kier alpha value is 0.532. The molecule has 0 saturated carbocycles. The molecular formula is C6H15Al. The van der Waals surface area contributed by atoms with Crippen LogP contribution in [0.1, 0.15) is 20.8 Å². The smallest absolute Gasteiger partial charge is 0.0967 e. The van der Waals surface area contributed by atoms with Crippen LogP contribution in [0.15, 0.2) is 0 Å². The molecule has 0 amide bonds. The van der Waals surface area contributed by atoms with Gasteiger partial charge in [0.25, 0.3) is 14.1 Å². The molecule has 0 nitrogen and oxygen atoms in total. The first kappa shape index (κ1) is 7.53. The Morgan fingerprint density at radius 2 is 1.14 bits per heavy atom. The van der Waals surface area contributed by atoms with Crippen LogP contribution in [-0.2, 0) is 0 Å². The average Bonchev–Trinajstić information content (AvgIpc) is 1.72. The van der Waals surface area contributed by atoms with E-state index in [9.17, 15) is 0 Å². The largest absolute Gasteiger partial charge is 0.261 e.